The number of nitrogens with one attached hydrogen (secondary N) is 1. The number of Topliss-reactive ketones (excluding diaryl/α,β-unsaturated/α-hetero) is 1. The van der Waals surface area contributed by atoms with Gasteiger partial charge < -0.3 is 19.4 Å². The molecule has 2 aliphatic heterocycles. The molecule has 176 valence electrons. The minimum absolute atomic E-state index is 0. The van der Waals surface area contributed by atoms with Gasteiger partial charge in [-0.1, -0.05) is 39.5 Å². The van der Waals surface area contributed by atoms with E-state index >= 15 is 0 Å². The molecule has 4 rings (SSSR count). The number of furan rings is 1. The molecule has 1 aromatic heterocycles. The van der Waals surface area contributed by atoms with Crippen LogP contribution in [0.2, 0.25) is 0 Å². The van der Waals surface area contributed by atoms with Crippen LogP contribution in [-0.4, -0.2) is 53.8 Å². The van der Waals surface area contributed by atoms with Gasteiger partial charge in [-0.3, -0.25) is 14.4 Å². The van der Waals surface area contributed by atoms with Gasteiger partial charge in [-0.15, -0.1) is 0 Å². The highest BCUT2D eigenvalue weighted by Gasteiger charge is 2.46. The third-order valence-electron chi connectivity index (χ3n) is 6.31. The number of carbonyl (C=O) groups is 3. The molecule has 2 saturated heterocycles. The van der Waals surface area contributed by atoms with Crippen molar-refractivity contribution in [1.82, 2.24) is 10.2 Å². The zero-order valence-corrected chi connectivity index (χ0v) is 19.1. The molecule has 9 heteroatoms. The molecular weight excluding hydrogens is 436 g/mol. The van der Waals surface area contributed by atoms with Crippen molar-refractivity contribution in [1.29, 1.82) is 0 Å². The summed E-state index contributed by atoms with van der Waals surface area (Å²) in [6.07, 6.45) is 10.6. The highest BCUT2D eigenvalue weighted by Crippen LogP contribution is 2.30. The molecule has 1 aliphatic carbocycles. The van der Waals surface area contributed by atoms with Crippen molar-refractivity contribution in [2.24, 2.45) is 5.92 Å². The molecule has 0 unspecified atom stereocenters. The number of nitrogens with zero attached hydrogens (tertiary/aromatic N) is 1. The summed E-state index contributed by atoms with van der Waals surface area (Å²) in [5.74, 6) is -0.0828. The predicted molar refractivity (Wildman–Crippen MR) is 128 cm³/mol. The summed E-state index contributed by atoms with van der Waals surface area (Å²) < 4.78 is 10.6. The number of fused-ring (bicyclic) bond motifs is 1. The highest BCUT2D eigenvalue weighted by molar-refractivity contribution is 7.59. The van der Waals surface area contributed by atoms with E-state index in [1.165, 1.54) is 31.8 Å². The van der Waals surface area contributed by atoms with Gasteiger partial charge in [-0.05, 0) is 31.2 Å². The zero-order valence-electron chi connectivity index (χ0n) is 17.1. The van der Waals surface area contributed by atoms with Gasteiger partial charge in [0.05, 0.1) is 17.9 Å². The lowest BCUT2D eigenvalue weighted by Crippen LogP contribution is -2.58. The van der Waals surface area contributed by atoms with Crippen LogP contribution in [0.3, 0.4) is 0 Å². The monoisotopic (exact) mass is 472 g/mol. The standard InChI is InChI=1S/C21H28N2O5.CH4.2H2S/c24-17-13-28-18-7-4-9-23(19(17)18)21(26)16(11-14-5-2-1-3-6-14)22-20(25)15-8-10-27-12-15;;;/h8,10,12,14,16,18-19H,1-7,9,11,13H2,(H,22,25);1H4;2*1H2/t16-,18+,19+;;;/m0.../s1. The van der Waals surface area contributed by atoms with Gasteiger partial charge in [0.2, 0.25) is 5.91 Å². The van der Waals surface area contributed by atoms with E-state index in [0.29, 0.717) is 24.4 Å². The number of hydrogen-bond donors (Lipinski definition) is 1. The van der Waals surface area contributed by atoms with Crippen molar-refractivity contribution < 1.29 is 23.5 Å². The molecule has 0 spiro atoms. The summed E-state index contributed by atoms with van der Waals surface area (Å²) in [6, 6.07) is 0.460. The topological polar surface area (TPSA) is 88.9 Å². The second-order valence-electron chi connectivity index (χ2n) is 8.21. The fourth-order valence-electron chi connectivity index (χ4n) is 4.85. The number of rotatable bonds is 5. The van der Waals surface area contributed by atoms with E-state index in [4.69, 9.17) is 9.15 Å². The van der Waals surface area contributed by atoms with E-state index in [1.54, 1.807) is 11.0 Å². The van der Waals surface area contributed by atoms with Gasteiger partial charge in [0.1, 0.15) is 25.0 Å². The van der Waals surface area contributed by atoms with Gasteiger partial charge in [0.25, 0.3) is 5.91 Å². The first kappa shape index (κ1) is 27.6. The zero-order chi connectivity index (χ0) is 19.5. The molecule has 31 heavy (non-hydrogen) atoms. The van der Waals surface area contributed by atoms with E-state index in [0.717, 1.165) is 25.7 Å². The van der Waals surface area contributed by atoms with E-state index in [2.05, 4.69) is 5.32 Å². The second-order valence-corrected chi connectivity index (χ2v) is 8.21. The van der Waals surface area contributed by atoms with Gasteiger partial charge in [0, 0.05) is 6.54 Å². The molecule has 2 amide bonds. The minimum Gasteiger partial charge on any atom is -0.472 e. The summed E-state index contributed by atoms with van der Waals surface area (Å²) in [6.45, 7) is 0.617. The quantitative estimate of drug-likeness (QED) is 0.711. The third-order valence-corrected chi connectivity index (χ3v) is 6.31. The summed E-state index contributed by atoms with van der Waals surface area (Å²) >= 11 is 0. The fraction of sp³-hybridized carbons (Fsp3) is 0.682. The summed E-state index contributed by atoms with van der Waals surface area (Å²) in [5, 5.41) is 2.92. The molecule has 3 fully saturated rings. The van der Waals surface area contributed by atoms with Gasteiger partial charge in [-0.2, -0.15) is 27.0 Å². The van der Waals surface area contributed by atoms with Gasteiger partial charge >= 0.3 is 0 Å². The molecule has 0 aromatic carbocycles. The van der Waals surface area contributed by atoms with Crippen LogP contribution < -0.4 is 5.32 Å². The van der Waals surface area contributed by atoms with Crippen LogP contribution in [-0.2, 0) is 14.3 Å². The van der Waals surface area contributed by atoms with Crippen molar-refractivity contribution >= 4 is 44.6 Å². The third kappa shape index (κ3) is 6.29. The Hall–Kier alpha value is -1.45. The molecular formula is C22H36N2O5S2. The number of hydrogen-bond acceptors (Lipinski definition) is 5. The van der Waals surface area contributed by atoms with E-state index in [1.807, 2.05) is 0 Å². The smallest absolute Gasteiger partial charge is 0.255 e. The summed E-state index contributed by atoms with van der Waals surface area (Å²) in [4.78, 5) is 40.0. The first-order valence-corrected chi connectivity index (χ1v) is 10.4. The molecule has 1 N–H and O–H groups in total. The maximum atomic E-state index is 13.4. The SMILES string of the molecule is C.O=C(N[C@@H](CC1CCCCC1)C(=O)N1CCC[C@H]2OCC(=O)[C@H]21)c1ccoc1.S.S. The normalized spacial score (nSPS) is 24.1. The Balaban J connectivity index is 0.00000160. The first-order chi connectivity index (χ1) is 13.6. The summed E-state index contributed by atoms with van der Waals surface area (Å²) in [7, 11) is 0. The van der Waals surface area contributed by atoms with Crippen molar-refractivity contribution in [3.05, 3.63) is 24.2 Å². The largest absolute Gasteiger partial charge is 0.472 e. The van der Waals surface area contributed by atoms with E-state index < -0.39 is 12.1 Å². The molecule has 3 heterocycles. The van der Waals surface area contributed by atoms with Crippen LogP contribution in [0.15, 0.2) is 23.0 Å². The van der Waals surface area contributed by atoms with Crippen molar-refractivity contribution in [3.63, 3.8) is 0 Å². The Labute approximate surface area is 198 Å². The van der Waals surface area contributed by atoms with E-state index in [9.17, 15) is 14.4 Å². The van der Waals surface area contributed by atoms with Crippen molar-refractivity contribution in [2.45, 2.75) is 77.0 Å². The van der Waals surface area contributed by atoms with Crippen LogP contribution >= 0.6 is 27.0 Å². The minimum atomic E-state index is -0.627. The van der Waals surface area contributed by atoms with Crippen molar-refractivity contribution in [3.8, 4) is 0 Å². The molecule has 1 saturated carbocycles. The first-order valence-electron chi connectivity index (χ1n) is 10.4. The maximum Gasteiger partial charge on any atom is 0.255 e. The average molecular weight is 473 g/mol. The molecule has 3 atom stereocenters. The lowest BCUT2D eigenvalue weighted by molar-refractivity contribution is -0.142. The number of likely N-dealkylation sites (tertiary alicyclic amines) is 1. The lowest BCUT2D eigenvalue weighted by atomic mass is 9.84. The molecule has 0 bridgehead atoms. The van der Waals surface area contributed by atoms with Crippen LogP contribution in [0.1, 0.15) is 69.2 Å². The van der Waals surface area contributed by atoms with Crippen LogP contribution in [0, 0.1) is 5.92 Å². The molecule has 7 nitrogen and oxygen atoms in total. The van der Waals surface area contributed by atoms with Gasteiger partial charge in [0.15, 0.2) is 5.78 Å². The van der Waals surface area contributed by atoms with Crippen LogP contribution in [0.4, 0.5) is 0 Å². The number of piperidine rings is 1. The number of ether oxygens (including phenoxy) is 1. The number of ketones is 1. The number of carbonyl (C=O) groups excluding carboxylic acids is 3. The maximum absolute atomic E-state index is 13.4. The lowest BCUT2D eigenvalue weighted by Gasteiger charge is -2.38. The number of amides is 2. The predicted octanol–water partition coefficient (Wildman–Crippen LogP) is 3.17. The Morgan fingerprint density at radius 1 is 1.13 bits per heavy atom. The van der Waals surface area contributed by atoms with Crippen LogP contribution in [0.25, 0.3) is 0 Å². The average Bonchev–Trinajstić information content (AvgIpc) is 3.38. The molecule has 3 aliphatic rings. The van der Waals surface area contributed by atoms with E-state index in [-0.39, 0.29) is 64.7 Å². The van der Waals surface area contributed by atoms with Crippen LogP contribution in [0.5, 0.6) is 0 Å². The fourth-order valence-corrected chi connectivity index (χ4v) is 4.85. The summed E-state index contributed by atoms with van der Waals surface area (Å²) in [5.41, 5.74) is 0.401. The Kier molecular flexibility index (Phi) is 11.2. The molecule has 1 aromatic rings. The molecule has 0 radical (unpaired) electrons. The second kappa shape index (κ2) is 12.6. The Morgan fingerprint density at radius 3 is 2.55 bits per heavy atom. The van der Waals surface area contributed by atoms with Crippen molar-refractivity contribution in [2.75, 3.05) is 13.2 Å². The Bertz CT molecular complexity index is 721. The highest BCUT2D eigenvalue weighted by atomic mass is 32.1. The Morgan fingerprint density at radius 2 is 1.87 bits per heavy atom. The van der Waals surface area contributed by atoms with Gasteiger partial charge in [-0.25, -0.2) is 0 Å².